The van der Waals surface area contributed by atoms with Gasteiger partial charge in [-0.15, -0.1) is 0 Å². The fourth-order valence-electron chi connectivity index (χ4n) is 4.53. The average molecular weight is 413 g/mol. The molecule has 1 aliphatic carbocycles. The average Bonchev–Trinajstić information content (AvgIpc) is 2.64. The predicted octanol–water partition coefficient (Wildman–Crippen LogP) is 4.91. The van der Waals surface area contributed by atoms with Crippen molar-refractivity contribution in [1.82, 2.24) is 0 Å². The summed E-state index contributed by atoms with van der Waals surface area (Å²) < 4.78 is 61.0. The Labute approximate surface area is 162 Å². The third-order valence-electron chi connectivity index (χ3n) is 5.81. The number of hydrogen-bond donors (Lipinski definition) is 0. The van der Waals surface area contributed by atoms with Crippen LogP contribution in [0, 0.1) is 17.6 Å². The van der Waals surface area contributed by atoms with Gasteiger partial charge >= 0.3 is 0 Å². The highest BCUT2D eigenvalue weighted by molar-refractivity contribution is 7.91. The van der Waals surface area contributed by atoms with Crippen LogP contribution in [-0.4, -0.2) is 20.8 Å². The summed E-state index contributed by atoms with van der Waals surface area (Å²) in [5.74, 6) is -1.84. The second-order valence-electron chi connectivity index (χ2n) is 7.36. The van der Waals surface area contributed by atoms with Crippen LogP contribution in [0.15, 0.2) is 41.3 Å². The molecule has 1 saturated carbocycles. The van der Waals surface area contributed by atoms with Crippen LogP contribution in [0.5, 0.6) is 5.75 Å². The standard InChI is InChI=1S/C20H19ClF2O3S/c21-14-4-6-15(7-5-14)27(24,25)12-20-10-2-1-3-13(20)11-26-19-17(23)9-8-16(22)18(19)20/h4-9,13H,1-3,10-12H2/t13-,20+/m1/s1. The zero-order valence-electron chi connectivity index (χ0n) is 14.6. The lowest BCUT2D eigenvalue weighted by Gasteiger charge is -2.47. The molecule has 144 valence electrons. The summed E-state index contributed by atoms with van der Waals surface area (Å²) >= 11 is 5.87. The Bertz CT molecular complexity index is 975. The Balaban J connectivity index is 1.86. The molecule has 1 heterocycles. The highest BCUT2D eigenvalue weighted by Gasteiger charge is 2.51. The minimum absolute atomic E-state index is 0.0796. The molecule has 0 radical (unpaired) electrons. The third-order valence-corrected chi connectivity index (χ3v) is 7.95. The van der Waals surface area contributed by atoms with Crippen molar-refractivity contribution in [2.24, 2.45) is 5.92 Å². The molecular formula is C20H19ClF2O3S. The second-order valence-corrected chi connectivity index (χ2v) is 9.78. The van der Waals surface area contributed by atoms with E-state index in [9.17, 15) is 17.2 Å². The van der Waals surface area contributed by atoms with E-state index in [4.69, 9.17) is 16.3 Å². The van der Waals surface area contributed by atoms with E-state index in [0.29, 0.717) is 11.4 Å². The van der Waals surface area contributed by atoms with Gasteiger partial charge in [-0.3, -0.25) is 0 Å². The van der Waals surface area contributed by atoms with E-state index in [-0.39, 0.29) is 34.5 Å². The van der Waals surface area contributed by atoms with Crippen molar-refractivity contribution in [2.45, 2.75) is 36.0 Å². The molecule has 0 spiro atoms. The van der Waals surface area contributed by atoms with Crippen molar-refractivity contribution in [3.8, 4) is 5.75 Å². The van der Waals surface area contributed by atoms with Crippen molar-refractivity contribution in [3.63, 3.8) is 0 Å². The number of hydrogen-bond acceptors (Lipinski definition) is 3. The van der Waals surface area contributed by atoms with Gasteiger partial charge in [-0.25, -0.2) is 17.2 Å². The molecule has 1 aliphatic heterocycles. The molecule has 0 saturated heterocycles. The first-order valence-electron chi connectivity index (χ1n) is 8.93. The molecule has 2 atom stereocenters. The lowest BCUT2D eigenvalue weighted by molar-refractivity contribution is 0.0924. The molecule has 2 aromatic carbocycles. The van der Waals surface area contributed by atoms with Crippen LogP contribution in [0.2, 0.25) is 5.02 Å². The second kappa shape index (κ2) is 6.74. The summed E-state index contributed by atoms with van der Waals surface area (Å²) in [5, 5.41) is 0.437. The van der Waals surface area contributed by atoms with Gasteiger partial charge in [-0.05, 0) is 49.2 Å². The lowest BCUT2D eigenvalue weighted by Crippen LogP contribution is -2.49. The van der Waals surface area contributed by atoms with Gasteiger partial charge in [-0.1, -0.05) is 24.4 Å². The van der Waals surface area contributed by atoms with Gasteiger partial charge in [0.15, 0.2) is 21.4 Å². The Morgan fingerprint density at radius 3 is 2.52 bits per heavy atom. The van der Waals surface area contributed by atoms with Crippen LogP contribution in [0.4, 0.5) is 8.78 Å². The molecule has 0 aromatic heterocycles. The van der Waals surface area contributed by atoms with E-state index in [1.54, 1.807) is 0 Å². The first-order chi connectivity index (χ1) is 12.8. The summed E-state index contributed by atoms with van der Waals surface area (Å²) in [6, 6.07) is 8.03. The Morgan fingerprint density at radius 1 is 1.07 bits per heavy atom. The Hall–Kier alpha value is -1.66. The Morgan fingerprint density at radius 2 is 1.78 bits per heavy atom. The first kappa shape index (κ1) is 18.7. The van der Waals surface area contributed by atoms with Crippen LogP contribution >= 0.6 is 11.6 Å². The highest BCUT2D eigenvalue weighted by Crippen LogP contribution is 2.52. The van der Waals surface area contributed by atoms with Gasteiger partial charge in [0, 0.05) is 21.9 Å². The van der Waals surface area contributed by atoms with Crippen LogP contribution in [-0.2, 0) is 15.3 Å². The number of fused-ring (bicyclic) bond motifs is 3. The largest absolute Gasteiger partial charge is 0.490 e. The van der Waals surface area contributed by atoms with Crippen LogP contribution < -0.4 is 4.74 Å². The minimum Gasteiger partial charge on any atom is -0.490 e. The molecule has 4 rings (SSSR count). The highest BCUT2D eigenvalue weighted by atomic mass is 35.5. The van der Waals surface area contributed by atoms with Crippen molar-refractivity contribution >= 4 is 21.4 Å². The number of sulfone groups is 1. The fourth-order valence-corrected chi connectivity index (χ4v) is 6.58. The summed E-state index contributed by atoms with van der Waals surface area (Å²) in [7, 11) is -3.73. The first-order valence-corrected chi connectivity index (χ1v) is 11.0. The molecule has 0 amide bonds. The molecule has 0 N–H and O–H groups in total. The number of ether oxygens (including phenoxy) is 1. The summed E-state index contributed by atoms with van der Waals surface area (Å²) in [4.78, 5) is 0.135. The number of halogens is 3. The topological polar surface area (TPSA) is 43.4 Å². The van der Waals surface area contributed by atoms with Crippen molar-refractivity contribution in [2.75, 3.05) is 12.4 Å². The number of rotatable bonds is 3. The molecule has 3 nitrogen and oxygen atoms in total. The van der Waals surface area contributed by atoms with E-state index < -0.39 is 26.9 Å². The molecule has 7 heteroatoms. The summed E-state index contributed by atoms with van der Waals surface area (Å²) in [6.07, 6.45) is 2.90. The van der Waals surface area contributed by atoms with Crippen molar-refractivity contribution in [3.05, 3.63) is 58.6 Å². The SMILES string of the molecule is O=S(=O)(C[C@@]12CCCC[C@@H]1COc1c(F)ccc(F)c12)c1ccc(Cl)cc1. The van der Waals surface area contributed by atoms with Gasteiger partial charge in [0.05, 0.1) is 17.3 Å². The van der Waals surface area contributed by atoms with Crippen LogP contribution in [0.3, 0.4) is 0 Å². The minimum atomic E-state index is -3.73. The van der Waals surface area contributed by atoms with Crippen molar-refractivity contribution < 1.29 is 21.9 Å². The monoisotopic (exact) mass is 412 g/mol. The van der Waals surface area contributed by atoms with Crippen LogP contribution in [0.25, 0.3) is 0 Å². The van der Waals surface area contributed by atoms with Crippen molar-refractivity contribution in [1.29, 1.82) is 0 Å². The van der Waals surface area contributed by atoms with E-state index in [1.807, 2.05) is 0 Å². The molecule has 0 unspecified atom stereocenters. The van der Waals surface area contributed by atoms with Crippen LogP contribution in [0.1, 0.15) is 31.2 Å². The van der Waals surface area contributed by atoms with Gasteiger partial charge in [-0.2, -0.15) is 0 Å². The maximum atomic E-state index is 14.8. The zero-order valence-corrected chi connectivity index (χ0v) is 16.1. The van der Waals surface area contributed by atoms with Gasteiger partial charge in [0.2, 0.25) is 0 Å². The van der Waals surface area contributed by atoms with Gasteiger partial charge in [0.1, 0.15) is 5.82 Å². The van der Waals surface area contributed by atoms with Gasteiger partial charge < -0.3 is 4.74 Å². The lowest BCUT2D eigenvalue weighted by atomic mass is 9.62. The molecule has 27 heavy (non-hydrogen) atoms. The Kier molecular flexibility index (Phi) is 4.67. The maximum Gasteiger partial charge on any atom is 0.179 e. The molecule has 2 aliphatic rings. The molecular weight excluding hydrogens is 394 g/mol. The number of benzene rings is 2. The molecule has 2 aromatic rings. The normalized spacial score (nSPS) is 24.6. The predicted molar refractivity (Wildman–Crippen MR) is 99.0 cm³/mol. The molecule has 1 fully saturated rings. The third kappa shape index (κ3) is 3.13. The zero-order chi connectivity index (χ0) is 19.2. The molecule has 0 bridgehead atoms. The fraction of sp³-hybridized carbons (Fsp3) is 0.400. The maximum absolute atomic E-state index is 14.8. The van der Waals surface area contributed by atoms with E-state index in [0.717, 1.165) is 31.4 Å². The van der Waals surface area contributed by atoms with E-state index in [2.05, 4.69) is 0 Å². The quantitative estimate of drug-likeness (QED) is 0.719. The smallest absolute Gasteiger partial charge is 0.179 e. The van der Waals surface area contributed by atoms with E-state index >= 15 is 0 Å². The summed E-state index contributed by atoms with van der Waals surface area (Å²) in [6.45, 7) is 0.198. The van der Waals surface area contributed by atoms with E-state index in [1.165, 1.54) is 24.3 Å². The van der Waals surface area contributed by atoms with Gasteiger partial charge in [0.25, 0.3) is 0 Å². The summed E-state index contributed by atoms with van der Waals surface area (Å²) in [5.41, 5.74) is -0.910.